The van der Waals surface area contributed by atoms with Gasteiger partial charge in [0.05, 0.1) is 6.54 Å². The van der Waals surface area contributed by atoms with Crippen LogP contribution in [0.3, 0.4) is 0 Å². The highest BCUT2D eigenvalue weighted by molar-refractivity contribution is 5.85. The number of hydrogen-bond acceptors (Lipinski definition) is 2. The molecule has 0 bridgehead atoms. The molecule has 102 valence electrons. The molecule has 4 nitrogen and oxygen atoms in total. The molecule has 4 heteroatoms. The fraction of sp³-hybridized carbons (Fsp3) is 0.857. The Morgan fingerprint density at radius 2 is 1.50 bits per heavy atom. The van der Waals surface area contributed by atoms with Gasteiger partial charge in [0.1, 0.15) is 0 Å². The molecule has 0 aromatic carbocycles. The second-order valence-electron chi connectivity index (χ2n) is 5.42. The van der Waals surface area contributed by atoms with Gasteiger partial charge in [-0.25, -0.2) is 0 Å². The van der Waals surface area contributed by atoms with Crippen molar-refractivity contribution in [3.63, 3.8) is 0 Å². The van der Waals surface area contributed by atoms with Crippen LogP contribution < -0.4 is 0 Å². The van der Waals surface area contributed by atoms with Gasteiger partial charge in [-0.05, 0) is 25.7 Å². The normalized spacial score (nSPS) is 22.6. The molecule has 0 aromatic rings. The van der Waals surface area contributed by atoms with Gasteiger partial charge in [0.25, 0.3) is 0 Å². The first kappa shape index (κ1) is 13.4. The van der Waals surface area contributed by atoms with Crippen LogP contribution in [0.5, 0.6) is 0 Å². The molecule has 0 saturated carbocycles. The minimum absolute atomic E-state index is 0.146. The van der Waals surface area contributed by atoms with Crippen molar-refractivity contribution in [2.24, 2.45) is 0 Å². The third-order valence-electron chi connectivity index (χ3n) is 3.96. The summed E-state index contributed by atoms with van der Waals surface area (Å²) in [4.78, 5) is 27.6. The predicted octanol–water partition coefficient (Wildman–Crippen LogP) is 1.79. The maximum atomic E-state index is 12.2. The fourth-order valence-corrected chi connectivity index (χ4v) is 2.79. The van der Waals surface area contributed by atoms with Crippen LogP contribution in [0.4, 0.5) is 0 Å². The SMILES string of the molecule is O=C(CN1CCCCC1=O)N1CCCCCCC1. The van der Waals surface area contributed by atoms with Gasteiger partial charge in [-0.3, -0.25) is 9.59 Å². The number of hydrogen-bond donors (Lipinski definition) is 0. The van der Waals surface area contributed by atoms with Crippen LogP contribution in [0.25, 0.3) is 0 Å². The number of piperidine rings is 1. The van der Waals surface area contributed by atoms with E-state index in [0.717, 1.165) is 45.3 Å². The number of carbonyl (C=O) groups is 2. The zero-order valence-electron chi connectivity index (χ0n) is 11.2. The van der Waals surface area contributed by atoms with E-state index in [2.05, 4.69) is 0 Å². The number of likely N-dealkylation sites (tertiary alicyclic amines) is 2. The Hall–Kier alpha value is -1.06. The lowest BCUT2D eigenvalue weighted by Crippen LogP contribution is -2.45. The zero-order valence-corrected chi connectivity index (χ0v) is 11.2. The minimum atomic E-state index is 0.146. The second-order valence-corrected chi connectivity index (χ2v) is 5.42. The Kier molecular flexibility index (Phi) is 5.02. The van der Waals surface area contributed by atoms with Gasteiger partial charge < -0.3 is 9.80 Å². The van der Waals surface area contributed by atoms with Crippen molar-refractivity contribution in [3.05, 3.63) is 0 Å². The summed E-state index contributed by atoms with van der Waals surface area (Å²) in [6.07, 6.45) is 8.62. The standard InChI is InChI=1S/C14H24N2O2/c17-13-8-4-7-11-16(13)12-14(18)15-9-5-2-1-3-6-10-15/h1-12H2. The molecule has 2 saturated heterocycles. The van der Waals surface area contributed by atoms with E-state index in [1.165, 1.54) is 19.3 Å². The van der Waals surface area contributed by atoms with E-state index in [0.29, 0.717) is 13.0 Å². The fourth-order valence-electron chi connectivity index (χ4n) is 2.79. The Morgan fingerprint density at radius 1 is 0.889 bits per heavy atom. The number of amides is 2. The third-order valence-corrected chi connectivity index (χ3v) is 3.96. The summed E-state index contributed by atoms with van der Waals surface area (Å²) in [6.45, 7) is 2.82. The lowest BCUT2D eigenvalue weighted by atomic mass is 10.1. The predicted molar refractivity (Wildman–Crippen MR) is 70.1 cm³/mol. The molecule has 0 spiro atoms. The van der Waals surface area contributed by atoms with Crippen LogP contribution in [0.1, 0.15) is 51.4 Å². The second kappa shape index (κ2) is 6.76. The molecule has 0 aliphatic carbocycles. The molecule has 2 amide bonds. The maximum absolute atomic E-state index is 12.2. The van der Waals surface area contributed by atoms with Gasteiger partial charge in [-0.1, -0.05) is 19.3 Å². The number of rotatable bonds is 2. The van der Waals surface area contributed by atoms with Gasteiger partial charge in [0.15, 0.2) is 0 Å². The summed E-state index contributed by atoms with van der Waals surface area (Å²) in [5, 5.41) is 0. The third kappa shape index (κ3) is 3.72. The molecule has 2 rings (SSSR count). The van der Waals surface area contributed by atoms with Gasteiger partial charge in [0, 0.05) is 26.1 Å². The van der Waals surface area contributed by atoms with Gasteiger partial charge in [-0.15, -0.1) is 0 Å². The first-order chi connectivity index (χ1) is 8.77. The highest BCUT2D eigenvalue weighted by atomic mass is 16.2. The van der Waals surface area contributed by atoms with Crippen LogP contribution in [0.15, 0.2) is 0 Å². The first-order valence-corrected chi connectivity index (χ1v) is 7.33. The monoisotopic (exact) mass is 252 g/mol. The Labute approximate surface area is 109 Å². The van der Waals surface area contributed by atoms with Crippen molar-refractivity contribution in [2.75, 3.05) is 26.2 Å². The quantitative estimate of drug-likeness (QED) is 0.752. The molecule has 18 heavy (non-hydrogen) atoms. The largest absolute Gasteiger partial charge is 0.341 e. The van der Waals surface area contributed by atoms with E-state index in [-0.39, 0.29) is 11.8 Å². The van der Waals surface area contributed by atoms with E-state index >= 15 is 0 Å². The van der Waals surface area contributed by atoms with E-state index < -0.39 is 0 Å². The maximum Gasteiger partial charge on any atom is 0.242 e. The molecular weight excluding hydrogens is 228 g/mol. The molecule has 2 heterocycles. The Balaban J connectivity index is 1.83. The van der Waals surface area contributed by atoms with Crippen LogP contribution in [-0.2, 0) is 9.59 Å². The summed E-state index contributed by atoms with van der Waals surface area (Å²) < 4.78 is 0. The van der Waals surface area contributed by atoms with Gasteiger partial charge >= 0.3 is 0 Å². The van der Waals surface area contributed by atoms with Crippen molar-refractivity contribution in [1.29, 1.82) is 0 Å². The molecule has 2 aliphatic heterocycles. The average molecular weight is 252 g/mol. The van der Waals surface area contributed by atoms with E-state index in [1.54, 1.807) is 4.90 Å². The number of carbonyl (C=O) groups excluding carboxylic acids is 2. The van der Waals surface area contributed by atoms with Crippen molar-refractivity contribution >= 4 is 11.8 Å². The zero-order chi connectivity index (χ0) is 12.8. The summed E-state index contributed by atoms with van der Waals surface area (Å²) in [7, 11) is 0. The smallest absolute Gasteiger partial charge is 0.242 e. The van der Waals surface area contributed by atoms with Crippen molar-refractivity contribution in [3.8, 4) is 0 Å². The summed E-state index contributed by atoms with van der Waals surface area (Å²) >= 11 is 0. The molecular formula is C14H24N2O2. The Bertz CT molecular complexity index is 296. The van der Waals surface area contributed by atoms with Crippen LogP contribution in [-0.4, -0.2) is 47.8 Å². The van der Waals surface area contributed by atoms with Crippen LogP contribution in [0, 0.1) is 0 Å². The topological polar surface area (TPSA) is 40.6 Å². The van der Waals surface area contributed by atoms with Crippen LogP contribution >= 0.6 is 0 Å². The van der Waals surface area contributed by atoms with Gasteiger partial charge in [0.2, 0.25) is 11.8 Å². The van der Waals surface area contributed by atoms with E-state index in [4.69, 9.17) is 0 Å². The minimum Gasteiger partial charge on any atom is -0.341 e. The summed E-state index contributed by atoms with van der Waals surface area (Å²) in [5.74, 6) is 0.300. The molecule has 0 N–H and O–H groups in total. The highest BCUT2D eigenvalue weighted by Crippen LogP contribution is 2.13. The molecule has 2 fully saturated rings. The first-order valence-electron chi connectivity index (χ1n) is 7.33. The molecule has 2 aliphatic rings. The lowest BCUT2D eigenvalue weighted by Gasteiger charge is -2.30. The lowest BCUT2D eigenvalue weighted by molar-refractivity contribution is -0.142. The van der Waals surface area contributed by atoms with Crippen molar-refractivity contribution in [2.45, 2.75) is 51.4 Å². The molecule has 0 radical (unpaired) electrons. The van der Waals surface area contributed by atoms with E-state index in [9.17, 15) is 9.59 Å². The van der Waals surface area contributed by atoms with E-state index in [1.807, 2.05) is 4.90 Å². The molecule has 0 unspecified atom stereocenters. The van der Waals surface area contributed by atoms with Crippen molar-refractivity contribution < 1.29 is 9.59 Å². The average Bonchev–Trinajstić information content (AvgIpc) is 2.31. The van der Waals surface area contributed by atoms with Crippen molar-refractivity contribution in [1.82, 2.24) is 9.80 Å². The number of nitrogens with zero attached hydrogens (tertiary/aromatic N) is 2. The summed E-state index contributed by atoms with van der Waals surface area (Å²) in [5.41, 5.74) is 0. The molecule has 0 aromatic heterocycles. The van der Waals surface area contributed by atoms with Crippen LogP contribution in [0.2, 0.25) is 0 Å². The Morgan fingerprint density at radius 3 is 2.17 bits per heavy atom. The highest BCUT2D eigenvalue weighted by Gasteiger charge is 2.23. The summed E-state index contributed by atoms with van der Waals surface area (Å²) in [6, 6.07) is 0. The molecule has 0 atom stereocenters. The van der Waals surface area contributed by atoms with Gasteiger partial charge in [-0.2, -0.15) is 0 Å².